The van der Waals surface area contributed by atoms with E-state index in [1.165, 1.54) is 11.3 Å². The average molecular weight is 258 g/mol. The fourth-order valence-corrected chi connectivity index (χ4v) is 3.48. The van der Waals surface area contributed by atoms with Crippen LogP contribution in [-0.2, 0) is 0 Å². The van der Waals surface area contributed by atoms with Crippen molar-refractivity contribution in [2.24, 2.45) is 17.6 Å². The zero-order chi connectivity index (χ0) is 11.5. The number of carbonyl (C=O) groups excluding carboxylic acids is 1. The summed E-state index contributed by atoms with van der Waals surface area (Å²) in [6, 6.07) is 1.80. The summed E-state index contributed by atoms with van der Waals surface area (Å²) < 4.78 is 0. The first-order valence-electron chi connectivity index (χ1n) is 5.69. The summed E-state index contributed by atoms with van der Waals surface area (Å²) in [7, 11) is 0. The van der Waals surface area contributed by atoms with Crippen molar-refractivity contribution in [3.63, 3.8) is 0 Å². The number of hydrogen-bond donors (Lipinski definition) is 1. The predicted molar refractivity (Wildman–Crippen MR) is 68.2 cm³/mol. The van der Waals surface area contributed by atoms with Crippen LogP contribution in [0.25, 0.3) is 0 Å². The van der Waals surface area contributed by atoms with Crippen LogP contribution in [0.4, 0.5) is 0 Å². The minimum absolute atomic E-state index is 0.166. The Hall–Kier alpha value is -0.380. The molecule has 2 rings (SSSR count). The van der Waals surface area contributed by atoms with Gasteiger partial charge < -0.3 is 5.73 Å². The summed E-state index contributed by atoms with van der Waals surface area (Å²) in [6.07, 6.45) is 4.09. The lowest BCUT2D eigenvalue weighted by Crippen LogP contribution is -2.25. The van der Waals surface area contributed by atoms with Gasteiger partial charge in [-0.15, -0.1) is 11.3 Å². The summed E-state index contributed by atoms with van der Waals surface area (Å²) in [6.45, 7) is 0.751. The molecule has 0 radical (unpaired) electrons. The number of nitrogens with two attached hydrogens (primary N) is 1. The number of Topliss-reactive ketones (excluding diaryl/α,β-unsaturated/α-hetero) is 1. The van der Waals surface area contributed by atoms with Crippen molar-refractivity contribution in [1.29, 1.82) is 0 Å². The molecule has 1 aromatic rings. The highest BCUT2D eigenvalue weighted by atomic mass is 35.5. The summed E-state index contributed by atoms with van der Waals surface area (Å²) in [5, 5.41) is 2.48. The van der Waals surface area contributed by atoms with Gasteiger partial charge in [0.05, 0.1) is 9.90 Å². The molecule has 1 fully saturated rings. The van der Waals surface area contributed by atoms with Crippen LogP contribution in [-0.4, -0.2) is 12.3 Å². The molecule has 0 spiro atoms. The van der Waals surface area contributed by atoms with Crippen LogP contribution < -0.4 is 5.73 Å². The first-order chi connectivity index (χ1) is 7.72. The molecule has 1 aliphatic rings. The molecule has 88 valence electrons. The van der Waals surface area contributed by atoms with Crippen LogP contribution in [0.15, 0.2) is 11.4 Å². The number of rotatable bonds is 3. The standard InChI is InChI=1S/C12H16ClNOS/c13-10-5-6-16-12(10)11(15)9-3-1-8(7-14)2-4-9/h5-6,8-9H,1-4,7,14H2. The Bertz CT molecular complexity index is 369. The first kappa shape index (κ1) is 12.1. The van der Waals surface area contributed by atoms with E-state index in [2.05, 4.69) is 0 Å². The molecule has 0 atom stereocenters. The molecule has 0 saturated heterocycles. The number of ketones is 1. The van der Waals surface area contributed by atoms with Crippen molar-refractivity contribution < 1.29 is 4.79 Å². The first-order valence-corrected chi connectivity index (χ1v) is 6.95. The second-order valence-electron chi connectivity index (χ2n) is 4.42. The Labute approximate surface area is 105 Å². The number of carbonyl (C=O) groups is 1. The molecule has 4 heteroatoms. The smallest absolute Gasteiger partial charge is 0.177 e. The van der Waals surface area contributed by atoms with Crippen LogP contribution >= 0.6 is 22.9 Å². The van der Waals surface area contributed by atoms with Gasteiger partial charge in [-0.1, -0.05) is 11.6 Å². The van der Waals surface area contributed by atoms with E-state index < -0.39 is 0 Å². The van der Waals surface area contributed by atoms with Crippen molar-refractivity contribution in [2.45, 2.75) is 25.7 Å². The Morgan fingerprint density at radius 2 is 2.12 bits per heavy atom. The molecule has 1 aromatic heterocycles. The van der Waals surface area contributed by atoms with E-state index in [1.807, 2.05) is 5.38 Å². The molecule has 1 aliphatic carbocycles. The van der Waals surface area contributed by atoms with Gasteiger partial charge in [0, 0.05) is 5.92 Å². The molecule has 2 nitrogen and oxygen atoms in total. The Morgan fingerprint density at radius 3 is 2.62 bits per heavy atom. The van der Waals surface area contributed by atoms with Gasteiger partial charge in [-0.3, -0.25) is 4.79 Å². The normalized spacial score (nSPS) is 25.6. The lowest BCUT2D eigenvalue weighted by molar-refractivity contribution is 0.0878. The highest BCUT2D eigenvalue weighted by Crippen LogP contribution is 2.33. The number of hydrogen-bond acceptors (Lipinski definition) is 3. The lowest BCUT2D eigenvalue weighted by atomic mass is 9.80. The van der Waals surface area contributed by atoms with Gasteiger partial charge in [0.15, 0.2) is 5.78 Å². The molecule has 0 unspecified atom stereocenters. The summed E-state index contributed by atoms with van der Waals surface area (Å²) >= 11 is 7.43. The van der Waals surface area contributed by atoms with Crippen LogP contribution in [0.1, 0.15) is 35.4 Å². The third-order valence-electron chi connectivity index (χ3n) is 3.39. The van der Waals surface area contributed by atoms with Crippen molar-refractivity contribution in [1.82, 2.24) is 0 Å². The fraction of sp³-hybridized carbons (Fsp3) is 0.583. The topological polar surface area (TPSA) is 43.1 Å². The van der Waals surface area contributed by atoms with Crippen LogP contribution in [0, 0.1) is 11.8 Å². The minimum atomic E-state index is 0.166. The average Bonchev–Trinajstić information content (AvgIpc) is 2.75. The van der Waals surface area contributed by atoms with Crippen LogP contribution in [0.2, 0.25) is 5.02 Å². The van der Waals surface area contributed by atoms with Crippen LogP contribution in [0.3, 0.4) is 0 Å². The minimum Gasteiger partial charge on any atom is -0.330 e. The molecule has 0 aliphatic heterocycles. The molecule has 0 aromatic carbocycles. The third-order valence-corrected chi connectivity index (χ3v) is 4.75. The van der Waals surface area contributed by atoms with Crippen molar-refractivity contribution in [3.05, 3.63) is 21.3 Å². The molecule has 16 heavy (non-hydrogen) atoms. The van der Waals surface area contributed by atoms with E-state index >= 15 is 0 Å². The predicted octanol–water partition coefficient (Wildman–Crippen LogP) is 3.35. The molecule has 2 N–H and O–H groups in total. The van der Waals surface area contributed by atoms with E-state index in [4.69, 9.17) is 17.3 Å². The van der Waals surface area contributed by atoms with E-state index in [0.29, 0.717) is 10.9 Å². The largest absolute Gasteiger partial charge is 0.330 e. The van der Waals surface area contributed by atoms with Crippen molar-refractivity contribution in [3.8, 4) is 0 Å². The molecule has 1 saturated carbocycles. The highest BCUT2D eigenvalue weighted by molar-refractivity contribution is 7.12. The van der Waals surface area contributed by atoms with Crippen LogP contribution in [0.5, 0.6) is 0 Å². The lowest BCUT2D eigenvalue weighted by Gasteiger charge is -2.26. The van der Waals surface area contributed by atoms with Gasteiger partial charge in [-0.05, 0) is 49.6 Å². The fourth-order valence-electron chi connectivity index (χ4n) is 2.32. The molecule has 0 amide bonds. The van der Waals surface area contributed by atoms with Gasteiger partial charge >= 0.3 is 0 Å². The van der Waals surface area contributed by atoms with Gasteiger partial charge in [0.25, 0.3) is 0 Å². The summed E-state index contributed by atoms with van der Waals surface area (Å²) in [5.41, 5.74) is 5.64. The quantitative estimate of drug-likeness (QED) is 0.844. The summed E-state index contributed by atoms with van der Waals surface area (Å²) in [4.78, 5) is 12.9. The van der Waals surface area contributed by atoms with Crippen molar-refractivity contribution >= 4 is 28.7 Å². The SMILES string of the molecule is NCC1CCC(C(=O)c2sccc2Cl)CC1. The Kier molecular flexibility index (Phi) is 4.00. The second kappa shape index (κ2) is 5.30. The number of halogens is 1. The van der Waals surface area contributed by atoms with E-state index in [-0.39, 0.29) is 11.7 Å². The third kappa shape index (κ3) is 2.47. The maximum atomic E-state index is 12.2. The zero-order valence-corrected chi connectivity index (χ0v) is 10.7. The molecular formula is C12H16ClNOS. The second-order valence-corrected chi connectivity index (χ2v) is 5.74. The molecular weight excluding hydrogens is 242 g/mol. The summed E-state index contributed by atoms with van der Waals surface area (Å²) in [5.74, 6) is 1.01. The Balaban J connectivity index is 2.00. The van der Waals surface area contributed by atoms with Gasteiger partial charge in [-0.25, -0.2) is 0 Å². The van der Waals surface area contributed by atoms with Gasteiger partial charge in [-0.2, -0.15) is 0 Å². The molecule has 0 bridgehead atoms. The maximum absolute atomic E-state index is 12.2. The Morgan fingerprint density at radius 1 is 1.44 bits per heavy atom. The highest BCUT2D eigenvalue weighted by Gasteiger charge is 2.27. The van der Waals surface area contributed by atoms with Gasteiger partial charge in [0.1, 0.15) is 0 Å². The number of thiophene rings is 1. The van der Waals surface area contributed by atoms with E-state index in [9.17, 15) is 4.79 Å². The van der Waals surface area contributed by atoms with Gasteiger partial charge in [0.2, 0.25) is 0 Å². The zero-order valence-electron chi connectivity index (χ0n) is 9.12. The molecule has 1 heterocycles. The van der Waals surface area contributed by atoms with E-state index in [1.54, 1.807) is 6.07 Å². The van der Waals surface area contributed by atoms with Crippen molar-refractivity contribution in [2.75, 3.05) is 6.54 Å². The maximum Gasteiger partial charge on any atom is 0.177 e. The monoisotopic (exact) mass is 257 g/mol. The van der Waals surface area contributed by atoms with E-state index in [0.717, 1.165) is 37.1 Å².